The normalized spacial score (nSPS) is 12.7. The second kappa shape index (κ2) is 75.5. The van der Waals surface area contributed by atoms with Gasteiger partial charge >= 0.3 is 5.97 Å². The van der Waals surface area contributed by atoms with Crippen LogP contribution < -0.4 is 5.32 Å². The highest BCUT2D eigenvalue weighted by Crippen LogP contribution is 2.19. The summed E-state index contributed by atoms with van der Waals surface area (Å²) in [6.45, 7) is 4.95. The number of esters is 1. The molecule has 0 aromatic heterocycles. The number of carbonyl (C=O) groups excluding carboxylic acids is 2. The van der Waals surface area contributed by atoms with Gasteiger partial charge in [-0.1, -0.05) is 397 Å². The molecule has 0 fully saturated rings. The molecule has 1 amide bonds. The van der Waals surface area contributed by atoms with Crippen molar-refractivity contribution in [3.05, 3.63) is 36.5 Å². The summed E-state index contributed by atoms with van der Waals surface area (Å²) >= 11 is 0. The standard InChI is InChI=1S/C80H153NO5/c1-3-5-7-9-11-13-15-17-19-21-37-42-46-50-54-58-62-66-70-74-80(85)86-75-71-67-63-59-55-51-47-43-39-36-34-32-30-28-26-24-22-23-25-27-29-31-33-35-38-41-45-49-53-57-61-65-69-73-79(84)81-77(76-82)78(83)72-68-64-60-56-52-48-44-40-20-18-16-14-12-10-8-6-4-2/h26,28,32,34,68,72,77-78,82-83H,3-25,27,29-31,33,35-67,69-71,73-76H2,1-2H3,(H,81,84)/b28-26-,34-32-,72-68+. The van der Waals surface area contributed by atoms with Crippen LogP contribution in [0.5, 0.6) is 0 Å². The second-order valence-corrected chi connectivity index (χ2v) is 27.0. The van der Waals surface area contributed by atoms with E-state index in [-0.39, 0.29) is 18.5 Å². The largest absolute Gasteiger partial charge is 0.466 e. The molecular weight excluding hydrogens is 1050 g/mol. The third-order valence-corrected chi connectivity index (χ3v) is 18.4. The van der Waals surface area contributed by atoms with Gasteiger partial charge in [0.25, 0.3) is 0 Å². The Morgan fingerprint density at radius 1 is 0.326 bits per heavy atom. The molecule has 0 aliphatic rings. The van der Waals surface area contributed by atoms with Gasteiger partial charge in [-0.15, -0.1) is 0 Å². The molecule has 0 rings (SSSR count). The van der Waals surface area contributed by atoms with Gasteiger partial charge in [-0.25, -0.2) is 0 Å². The van der Waals surface area contributed by atoms with Crippen LogP contribution in [0, 0.1) is 0 Å². The molecule has 0 bridgehead atoms. The van der Waals surface area contributed by atoms with Gasteiger partial charge in [0.1, 0.15) is 0 Å². The summed E-state index contributed by atoms with van der Waals surface area (Å²) in [6, 6.07) is -0.627. The van der Waals surface area contributed by atoms with Crippen LogP contribution in [0.2, 0.25) is 0 Å². The maximum absolute atomic E-state index is 12.5. The van der Waals surface area contributed by atoms with Crippen molar-refractivity contribution >= 4 is 11.9 Å². The van der Waals surface area contributed by atoms with E-state index in [1.165, 1.54) is 366 Å². The van der Waals surface area contributed by atoms with Crippen LogP contribution in [-0.4, -0.2) is 47.4 Å². The highest BCUT2D eigenvalue weighted by atomic mass is 16.5. The van der Waals surface area contributed by atoms with E-state index < -0.39 is 12.1 Å². The molecule has 0 saturated carbocycles. The summed E-state index contributed by atoms with van der Waals surface area (Å²) in [7, 11) is 0. The first-order chi connectivity index (χ1) is 42.5. The van der Waals surface area contributed by atoms with Crippen LogP contribution in [0.15, 0.2) is 36.5 Å². The molecule has 6 nitrogen and oxygen atoms in total. The predicted molar refractivity (Wildman–Crippen MR) is 379 cm³/mol. The van der Waals surface area contributed by atoms with Crippen LogP contribution >= 0.6 is 0 Å². The van der Waals surface area contributed by atoms with Crippen molar-refractivity contribution in [1.82, 2.24) is 5.32 Å². The van der Waals surface area contributed by atoms with Gasteiger partial charge in [-0.2, -0.15) is 0 Å². The van der Waals surface area contributed by atoms with E-state index in [2.05, 4.69) is 43.5 Å². The van der Waals surface area contributed by atoms with E-state index in [0.717, 1.165) is 44.9 Å². The summed E-state index contributed by atoms with van der Waals surface area (Å²) in [5, 5.41) is 23.2. The number of aliphatic hydroxyl groups is 2. The van der Waals surface area contributed by atoms with Gasteiger partial charge in [0.05, 0.1) is 25.4 Å². The number of hydrogen-bond acceptors (Lipinski definition) is 5. The van der Waals surface area contributed by atoms with E-state index >= 15 is 0 Å². The Morgan fingerprint density at radius 3 is 0.884 bits per heavy atom. The number of unbranched alkanes of at least 4 members (excludes halogenated alkanes) is 59. The number of allylic oxidation sites excluding steroid dienone is 5. The minimum atomic E-state index is -0.844. The molecule has 0 radical (unpaired) electrons. The molecular formula is C80H153NO5. The number of rotatable bonds is 74. The molecule has 0 heterocycles. The number of aliphatic hydroxyl groups excluding tert-OH is 2. The van der Waals surface area contributed by atoms with E-state index in [4.69, 9.17) is 4.74 Å². The Morgan fingerprint density at radius 2 is 0.581 bits per heavy atom. The smallest absolute Gasteiger partial charge is 0.305 e. The van der Waals surface area contributed by atoms with E-state index in [1.54, 1.807) is 6.08 Å². The quantitative estimate of drug-likeness (QED) is 0.0320. The van der Waals surface area contributed by atoms with Crippen molar-refractivity contribution < 1.29 is 24.5 Å². The lowest BCUT2D eigenvalue weighted by Gasteiger charge is -2.20. The Kier molecular flexibility index (Phi) is 73.9. The third kappa shape index (κ3) is 71.2. The summed E-state index contributed by atoms with van der Waals surface area (Å²) < 4.78 is 5.51. The number of nitrogens with one attached hydrogen (secondary N) is 1. The average Bonchev–Trinajstić information content (AvgIpc) is 3.54. The maximum atomic E-state index is 12.5. The topological polar surface area (TPSA) is 95.9 Å². The number of hydrogen-bond donors (Lipinski definition) is 3. The first kappa shape index (κ1) is 84.1. The van der Waals surface area contributed by atoms with Crippen LogP contribution in [0.25, 0.3) is 0 Å². The van der Waals surface area contributed by atoms with Gasteiger partial charge in [0.15, 0.2) is 0 Å². The molecule has 508 valence electrons. The number of amides is 1. The monoisotopic (exact) mass is 1210 g/mol. The third-order valence-electron chi connectivity index (χ3n) is 18.4. The zero-order valence-corrected chi connectivity index (χ0v) is 58.3. The summed E-state index contributed by atoms with van der Waals surface area (Å²) in [5.74, 6) is -0.0433. The zero-order chi connectivity index (χ0) is 62.0. The molecule has 2 atom stereocenters. The second-order valence-electron chi connectivity index (χ2n) is 27.0. The summed E-state index contributed by atoms with van der Waals surface area (Å²) in [4.78, 5) is 24.6. The van der Waals surface area contributed by atoms with Gasteiger partial charge < -0.3 is 20.3 Å². The van der Waals surface area contributed by atoms with Crippen molar-refractivity contribution in [2.24, 2.45) is 0 Å². The van der Waals surface area contributed by atoms with Crippen molar-refractivity contribution in [3.63, 3.8) is 0 Å². The predicted octanol–water partition coefficient (Wildman–Crippen LogP) is 25.8. The SMILES string of the molecule is CCCCCCCCCCCCCCCCC/C=C/C(O)C(CO)NC(=O)CCCCCCCCCCCCCCCCCCC/C=C\C/C=C\CCCCCCCCCCCOC(=O)CCCCCCCCCCCCCCCCCCCCC. The summed E-state index contributed by atoms with van der Waals surface area (Å²) in [5.41, 5.74) is 0. The minimum Gasteiger partial charge on any atom is -0.466 e. The molecule has 3 N–H and O–H groups in total. The first-order valence-electron chi connectivity index (χ1n) is 39.3. The molecule has 0 saturated heterocycles. The Balaban J connectivity index is 3.37. The molecule has 2 unspecified atom stereocenters. The fourth-order valence-electron chi connectivity index (χ4n) is 12.4. The Hall–Kier alpha value is -1.92. The van der Waals surface area contributed by atoms with Crippen LogP contribution in [0.3, 0.4) is 0 Å². The molecule has 6 heteroatoms. The van der Waals surface area contributed by atoms with Crippen molar-refractivity contribution in [3.8, 4) is 0 Å². The van der Waals surface area contributed by atoms with Gasteiger partial charge in [-0.3, -0.25) is 9.59 Å². The highest BCUT2D eigenvalue weighted by molar-refractivity contribution is 5.76. The first-order valence-corrected chi connectivity index (χ1v) is 39.3. The van der Waals surface area contributed by atoms with Crippen molar-refractivity contribution in [2.75, 3.05) is 13.2 Å². The van der Waals surface area contributed by atoms with Gasteiger partial charge in [0, 0.05) is 12.8 Å². The zero-order valence-electron chi connectivity index (χ0n) is 58.3. The molecule has 0 aromatic rings. The molecule has 86 heavy (non-hydrogen) atoms. The van der Waals surface area contributed by atoms with Crippen molar-refractivity contribution in [1.29, 1.82) is 0 Å². The lowest BCUT2D eigenvalue weighted by molar-refractivity contribution is -0.143. The van der Waals surface area contributed by atoms with Crippen LogP contribution in [0.1, 0.15) is 438 Å². The number of carbonyl (C=O) groups is 2. The molecule has 0 aliphatic carbocycles. The van der Waals surface area contributed by atoms with E-state index in [9.17, 15) is 19.8 Å². The van der Waals surface area contributed by atoms with Crippen molar-refractivity contribution in [2.45, 2.75) is 450 Å². The van der Waals surface area contributed by atoms with E-state index in [0.29, 0.717) is 19.4 Å². The average molecular weight is 1210 g/mol. The Bertz CT molecular complexity index is 1390. The van der Waals surface area contributed by atoms with Gasteiger partial charge in [-0.05, 0) is 64.2 Å². The van der Waals surface area contributed by atoms with E-state index in [1.807, 2.05) is 6.08 Å². The maximum Gasteiger partial charge on any atom is 0.305 e. The fraction of sp³-hybridized carbons (Fsp3) is 0.900. The lowest BCUT2D eigenvalue weighted by Crippen LogP contribution is -2.45. The minimum absolute atomic E-state index is 0.0195. The molecule has 0 aliphatic heterocycles. The van der Waals surface area contributed by atoms with Crippen LogP contribution in [-0.2, 0) is 14.3 Å². The molecule has 0 aromatic carbocycles. The highest BCUT2D eigenvalue weighted by Gasteiger charge is 2.18. The Labute approximate surface area is 538 Å². The van der Waals surface area contributed by atoms with Gasteiger partial charge in [0.2, 0.25) is 5.91 Å². The number of ether oxygens (including phenoxy) is 1. The lowest BCUT2D eigenvalue weighted by atomic mass is 10.0. The fourth-order valence-corrected chi connectivity index (χ4v) is 12.4. The summed E-state index contributed by atoms with van der Waals surface area (Å²) in [6.07, 6.45) is 98.3. The van der Waals surface area contributed by atoms with Crippen LogP contribution in [0.4, 0.5) is 0 Å². The molecule has 0 spiro atoms.